The summed E-state index contributed by atoms with van der Waals surface area (Å²) in [5.74, 6) is 0.242. The fraction of sp³-hybridized carbons (Fsp3) is 0. The molecule has 0 spiro atoms. The minimum Gasteiger partial charge on any atom is -0.454 e. The molecule has 0 fully saturated rings. The monoisotopic (exact) mass is 382 g/mol. The van der Waals surface area contributed by atoms with E-state index in [0.717, 1.165) is 0 Å². The molecule has 0 radical (unpaired) electrons. The minimum absolute atomic E-state index is 0.187. The van der Waals surface area contributed by atoms with Crippen LogP contribution in [0.15, 0.2) is 72.9 Å². The molecule has 29 heavy (non-hydrogen) atoms. The van der Waals surface area contributed by atoms with E-state index in [4.69, 9.17) is 4.74 Å². The predicted molar refractivity (Wildman–Crippen MR) is 108 cm³/mol. The van der Waals surface area contributed by atoms with Gasteiger partial charge in [-0.1, -0.05) is 24.3 Å². The lowest BCUT2D eigenvalue weighted by molar-refractivity contribution is 0.101. The molecule has 0 saturated heterocycles. The lowest BCUT2D eigenvalue weighted by atomic mass is 10.1. The van der Waals surface area contributed by atoms with Crippen LogP contribution in [0.5, 0.6) is 11.5 Å². The van der Waals surface area contributed by atoms with Gasteiger partial charge in [0.1, 0.15) is 11.4 Å². The third-order valence-corrected chi connectivity index (χ3v) is 4.52. The van der Waals surface area contributed by atoms with Gasteiger partial charge in [0.15, 0.2) is 5.75 Å². The molecule has 2 heterocycles. The maximum Gasteiger partial charge on any atom is 0.275 e. The minimum atomic E-state index is -0.415. The topological polar surface area (TPSA) is 93.2 Å². The van der Waals surface area contributed by atoms with Gasteiger partial charge in [0.2, 0.25) is 0 Å². The zero-order valence-corrected chi connectivity index (χ0v) is 15.0. The number of amides is 2. The molecule has 7 heteroatoms. The standard InChI is InChI=1S/C22H14N4O3/c27-21-14-11-13(9-10-19(14)29-20-8-4-3-7-17(20)26-21)24-22(28)18-12-23-15-5-1-2-6-16(15)25-18/h1-12H,(H,24,28)(H,26,27). The molecule has 0 unspecified atom stereocenters. The van der Waals surface area contributed by atoms with Crippen LogP contribution in [0.3, 0.4) is 0 Å². The molecule has 0 bridgehead atoms. The number of nitrogens with one attached hydrogen (secondary N) is 2. The van der Waals surface area contributed by atoms with Gasteiger partial charge in [-0.3, -0.25) is 14.6 Å². The fourth-order valence-electron chi connectivity index (χ4n) is 3.10. The SMILES string of the molecule is O=C(Nc1ccc2c(c1)C(=O)Nc1ccccc1O2)c1cnc2ccccc2n1. The number of ether oxygens (including phenoxy) is 1. The first kappa shape index (κ1) is 16.9. The number of nitrogens with zero attached hydrogens (tertiary/aromatic N) is 2. The Labute approximate surface area is 165 Å². The molecule has 1 aliphatic rings. The molecule has 140 valence electrons. The normalized spacial score (nSPS) is 12.2. The van der Waals surface area contributed by atoms with Gasteiger partial charge in [-0.05, 0) is 42.5 Å². The Morgan fingerprint density at radius 2 is 1.72 bits per heavy atom. The Hall–Kier alpha value is -4.26. The van der Waals surface area contributed by atoms with Crippen LogP contribution in [-0.2, 0) is 0 Å². The van der Waals surface area contributed by atoms with Crippen LogP contribution >= 0.6 is 0 Å². The van der Waals surface area contributed by atoms with Crippen molar-refractivity contribution in [3.05, 3.63) is 84.2 Å². The van der Waals surface area contributed by atoms with Gasteiger partial charge in [0.05, 0.1) is 28.5 Å². The Morgan fingerprint density at radius 3 is 2.62 bits per heavy atom. The molecule has 5 rings (SSSR count). The van der Waals surface area contributed by atoms with Crippen molar-refractivity contribution in [1.82, 2.24) is 9.97 Å². The van der Waals surface area contributed by atoms with Gasteiger partial charge >= 0.3 is 0 Å². The van der Waals surface area contributed by atoms with Gasteiger partial charge in [-0.2, -0.15) is 0 Å². The van der Waals surface area contributed by atoms with Crippen molar-refractivity contribution in [2.75, 3.05) is 10.6 Å². The average Bonchev–Trinajstić information content (AvgIpc) is 2.89. The number of carbonyl (C=O) groups is 2. The first-order valence-electron chi connectivity index (χ1n) is 8.93. The number of fused-ring (bicyclic) bond motifs is 3. The highest BCUT2D eigenvalue weighted by atomic mass is 16.5. The van der Waals surface area contributed by atoms with E-state index in [-0.39, 0.29) is 11.6 Å². The number of benzene rings is 3. The molecular formula is C22H14N4O3. The second-order valence-corrected chi connectivity index (χ2v) is 6.46. The predicted octanol–water partition coefficient (Wildman–Crippen LogP) is 4.24. The molecule has 2 amide bonds. The van der Waals surface area contributed by atoms with Crippen LogP contribution in [0.4, 0.5) is 11.4 Å². The van der Waals surface area contributed by atoms with Gasteiger partial charge in [-0.25, -0.2) is 4.98 Å². The molecule has 0 aliphatic carbocycles. The molecule has 4 aromatic rings. The maximum atomic E-state index is 12.6. The Kier molecular flexibility index (Phi) is 3.91. The van der Waals surface area contributed by atoms with E-state index < -0.39 is 5.91 Å². The molecule has 0 atom stereocenters. The van der Waals surface area contributed by atoms with Crippen molar-refractivity contribution in [3.8, 4) is 11.5 Å². The first-order chi connectivity index (χ1) is 14.2. The number of anilines is 2. The van der Waals surface area contributed by atoms with Crippen LogP contribution in [0.2, 0.25) is 0 Å². The van der Waals surface area contributed by atoms with Gasteiger partial charge in [0, 0.05) is 5.69 Å². The van der Waals surface area contributed by atoms with Crippen LogP contribution in [0.1, 0.15) is 20.8 Å². The van der Waals surface area contributed by atoms with E-state index in [1.807, 2.05) is 30.3 Å². The smallest absolute Gasteiger partial charge is 0.275 e. The van der Waals surface area contributed by atoms with Crippen LogP contribution in [-0.4, -0.2) is 21.8 Å². The summed E-state index contributed by atoms with van der Waals surface area (Å²) < 4.78 is 5.85. The van der Waals surface area contributed by atoms with E-state index in [2.05, 4.69) is 20.6 Å². The highest BCUT2D eigenvalue weighted by Gasteiger charge is 2.21. The van der Waals surface area contributed by atoms with Crippen molar-refractivity contribution in [2.24, 2.45) is 0 Å². The number of carbonyl (C=O) groups excluding carboxylic acids is 2. The zero-order chi connectivity index (χ0) is 19.8. The second kappa shape index (κ2) is 6.72. The summed E-state index contributed by atoms with van der Waals surface area (Å²) in [4.78, 5) is 33.8. The van der Waals surface area contributed by atoms with Gasteiger partial charge < -0.3 is 15.4 Å². The lowest BCUT2D eigenvalue weighted by Gasteiger charge is -2.10. The van der Waals surface area contributed by atoms with Crippen LogP contribution in [0, 0.1) is 0 Å². The Balaban J connectivity index is 1.43. The van der Waals surface area contributed by atoms with Gasteiger partial charge in [0.25, 0.3) is 11.8 Å². The number of hydrogen-bond acceptors (Lipinski definition) is 5. The maximum absolute atomic E-state index is 12.6. The quantitative estimate of drug-likeness (QED) is 0.541. The summed E-state index contributed by atoms with van der Waals surface area (Å²) in [6.45, 7) is 0. The molecule has 2 N–H and O–H groups in total. The highest BCUT2D eigenvalue weighted by molar-refractivity contribution is 6.09. The molecule has 1 aromatic heterocycles. The molecule has 0 saturated carbocycles. The Morgan fingerprint density at radius 1 is 0.931 bits per heavy atom. The summed E-state index contributed by atoms with van der Waals surface area (Å²) in [5.41, 5.74) is 2.89. The number of para-hydroxylation sites is 4. The number of hydrogen-bond donors (Lipinski definition) is 2. The summed E-state index contributed by atoms with van der Waals surface area (Å²) >= 11 is 0. The third kappa shape index (κ3) is 3.14. The largest absolute Gasteiger partial charge is 0.454 e. The molecule has 1 aliphatic heterocycles. The van der Waals surface area contributed by atoms with Crippen LogP contribution in [0.25, 0.3) is 11.0 Å². The number of rotatable bonds is 2. The Bertz CT molecular complexity index is 1290. The lowest BCUT2D eigenvalue weighted by Crippen LogP contribution is -2.15. The average molecular weight is 382 g/mol. The van der Waals surface area contributed by atoms with Crippen molar-refractivity contribution in [1.29, 1.82) is 0 Å². The van der Waals surface area contributed by atoms with E-state index in [1.165, 1.54) is 6.20 Å². The van der Waals surface area contributed by atoms with E-state index in [1.54, 1.807) is 36.4 Å². The highest BCUT2D eigenvalue weighted by Crippen LogP contribution is 2.36. The van der Waals surface area contributed by atoms with Crippen LogP contribution < -0.4 is 15.4 Å². The van der Waals surface area contributed by atoms with E-state index in [9.17, 15) is 9.59 Å². The summed E-state index contributed by atoms with van der Waals surface area (Å²) in [7, 11) is 0. The van der Waals surface area contributed by atoms with Crippen molar-refractivity contribution in [2.45, 2.75) is 0 Å². The third-order valence-electron chi connectivity index (χ3n) is 4.52. The fourth-order valence-corrected chi connectivity index (χ4v) is 3.10. The summed E-state index contributed by atoms with van der Waals surface area (Å²) in [5, 5.41) is 5.57. The van der Waals surface area contributed by atoms with Gasteiger partial charge in [-0.15, -0.1) is 0 Å². The van der Waals surface area contributed by atoms with Crippen molar-refractivity contribution >= 4 is 34.2 Å². The first-order valence-corrected chi connectivity index (χ1v) is 8.93. The molecule has 3 aromatic carbocycles. The van der Waals surface area contributed by atoms with E-state index >= 15 is 0 Å². The summed E-state index contributed by atoms with van der Waals surface area (Å²) in [6, 6.07) is 19.4. The van der Waals surface area contributed by atoms with Crippen molar-refractivity contribution < 1.29 is 14.3 Å². The molecule has 7 nitrogen and oxygen atoms in total. The van der Waals surface area contributed by atoms with Crippen molar-refractivity contribution in [3.63, 3.8) is 0 Å². The molecular weight excluding hydrogens is 368 g/mol. The zero-order valence-electron chi connectivity index (χ0n) is 15.0. The number of aromatic nitrogens is 2. The van der Waals surface area contributed by atoms with E-state index in [0.29, 0.717) is 39.5 Å². The second-order valence-electron chi connectivity index (χ2n) is 6.46. The summed E-state index contributed by atoms with van der Waals surface area (Å²) in [6.07, 6.45) is 1.42.